The number of benzene rings is 1. The number of nitrogens with zero attached hydrogens (tertiary/aromatic N) is 1. The average molecular weight is 321 g/mol. The van der Waals surface area contributed by atoms with E-state index >= 15 is 0 Å². The third-order valence-electron chi connectivity index (χ3n) is 4.13. The smallest absolute Gasteiger partial charge is 0.305 e. The van der Waals surface area contributed by atoms with E-state index in [1.807, 2.05) is 24.3 Å². The Morgan fingerprint density at radius 3 is 2.57 bits per heavy atom. The maximum Gasteiger partial charge on any atom is 0.305 e. The molecule has 1 saturated heterocycles. The first kappa shape index (κ1) is 17.3. The number of carbonyl (C=O) groups is 2. The second-order valence-corrected chi connectivity index (χ2v) is 5.68. The predicted octanol–water partition coefficient (Wildman–Crippen LogP) is 1.72. The second kappa shape index (κ2) is 7.97. The van der Waals surface area contributed by atoms with E-state index in [2.05, 4.69) is 6.92 Å². The van der Waals surface area contributed by atoms with Crippen molar-refractivity contribution >= 4 is 11.9 Å². The van der Waals surface area contributed by atoms with E-state index in [0.717, 1.165) is 6.42 Å². The first-order chi connectivity index (χ1) is 11.0. The number of carbonyl (C=O) groups excluding carboxylic acids is 1. The van der Waals surface area contributed by atoms with Gasteiger partial charge in [0.15, 0.2) is 6.61 Å². The molecule has 0 saturated carbocycles. The van der Waals surface area contributed by atoms with Crippen molar-refractivity contribution in [2.24, 2.45) is 0 Å². The number of carboxylic acid groups (broad SMARTS) is 1. The van der Waals surface area contributed by atoms with Crippen LogP contribution in [0, 0.1) is 0 Å². The summed E-state index contributed by atoms with van der Waals surface area (Å²) in [7, 11) is 1.57. The molecule has 2 unspecified atom stereocenters. The van der Waals surface area contributed by atoms with Crippen LogP contribution in [0.4, 0.5) is 0 Å². The molecule has 1 aromatic rings. The molecular formula is C17H23NO5. The zero-order valence-corrected chi connectivity index (χ0v) is 13.5. The molecule has 6 nitrogen and oxygen atoms in total. The fourth-order valence-electron chi connectivity index (χ4n) is 2.79. The van der Waals surface area contributed by atoms with Crippen molar-refractivity contribution in [1.82, 2.24) is 4.90 Å². The van der Waals surface area contributed by atoms with Crippen LogP contribution in [0.5, 0.6) is 5.75 Å². The van der Waals surface area contributed by atoms with Crippen LogP contribution in [0.1, 0.15) is 25.3 Å². The normalized spacial score (nSPS) is 20.5. The van der Waals surface area contributed by atoms with Crippen LogP contribution < -0.4 is 4.74 Å². The van der Waals surface area contributed by atoms with Gasteiger partial charge in [0.05, 0.1) is 12.5 Å². The van der Waals surface area contributed by atoms with Crippen molar-refractivity contribution in [1.29, 1.82) is 0 Å². The van der Waals surface area contributed by atoms with Gasteiger partial charge in [0.2, 0.25) is 0 Å². The lowest BCUT2D eigenvalue weighted by atomic mass is 10.1. The number of rotatable bonds is 7. The molecule has 0 aliphatic carbocycles. The number of likely N-dealkylation sites (tertiary alicyclic amines) is 1. The lowest BCUT2D eigenvalue weighted by Crippen LogP contribution is -2.40. The van der Waals surface area contributed by atoms with Gasteiger partial charge in [-0.3, -0.25) is 9.59 Å². The zero-order valence-electron chi connectivity index (χ0n) is 13.5. The molecule has 0 bridgehead atoms. The number of amides is 1. The molecule has 0 spiro atoms. The van der Waals surface area contributed by atoms with Gasteiger partial charge in [0.1, 0.15) is 5.75 Å². The van der Waals surface area contributed by atoms with Gasteiger partial charge < -0.3 is 19.5 Å². The molecule has 2 atom stereocenters. The molecule has 1 fully saturated rings. The van der Waals surface area contributed by atoms with Gasteiger partial charge in [-0.15, -0.1) is 0 Å². The van der Waals surface area contributed by atoms with Crippen LogP contribution in [0.15, 0.2) is 24.3 Å². The molecule has 1 aliphatic heterocycles. The van der Waals surface area contributed by atoms with Gasteiger partial charge in [0, 0.05) is 19.7 Å². The molecule has 1 aliphatic rings. The molecule has 126 valence electrons. The summed E-state index contributed by atoms with van der Waals surface area (Å²) in [5.41, 5.74) is 1.20. The second-order valence-electron chi connectivity index (χ2n) is 5.68. The molecule has 1 heterocycles. The Hall–Kier alpha value is -2.08. The maximum absolute atomic E-state index is 12.3. The number of methoxy groups -OCH3 is 1. The van der Waals surface area contributed by atoms with E-state index in [0.29, 0.717) is 18.7 Å². The van der Waals surface area contributed by atoms with Gasteiger partial charge in [-0.05, 0) is 30.5 Å². The van der Waals surface area contributed by atoms with Crippen LogP contribution >= 0.6 is 0 Å². The summed E-state index contributed by atoms with van der Waals surface area (Å²) in [4.78, 5) is 24.9. The van der Waals surface area contributed by atoms with Crippen LogP contribution in [0.25, 0.3) is 0 Å². The highest BCUT2D eigenvalue weighted by Crippen LogP contribution is 2.23. The first-order valence-corrected chi connectivity index (χ1v) is 7.79. The van der Waals surface area contributed by atoms with Crippen LogP contribution in [-0.2, 0) is 20.7 Å². The minimum absolute atomic E-state index is 0.0726. The molecule has 1 amide bonds. The monoisotopic (exact) mass is 321 g/mol. The summed E-state index contributed by atoms with van der Waals surface area (Å²) >= 11 is 0. The summed E-state index contributed by atoms with van der Waals surface area (Å²) in [5, 5.41) is 8.98. The van der Waals surface area contributed by atoms with Gasteiger partial charge in [-0.25, -0.2) is 0 Å². The van der Waals surface area contributed by atoms with E-state index in [4.69, 9.17) is 14.6 Å². The number of carboxylic acids is 1. The van der Waals surface area contributed by atoms with Crippen LogP contribution in [-0.4, -0.2) is 54.3 Å². The van der Waals surface area contributed by atoms with E-state index in [1.54, 1.807) is 12.0 Å². The Morgan fingerprint density at radius 2 is 2.00 bits per heavy atom. The predicted molar refractivity (Wildman–Crippen MR) is 84.5 cm³/mol. The largest absolute Gasteiger partial charge is 0.484 e. The zero-order chi connectivity index (χ0) is 16.8. The van der Waals surface area contributed by atoms with Gasteiger partial charge in [0.25, 0.3) is 5.91 Å². The molecule has 0 radical (unpaired) electrons. The highest BCUT2D eigenvalue weighted by atomic mass is 16.5. The molecule has 23 heavy (non-hydrogen) atoms. The van der Waals surface area contributed by atoms with Gasteiger partial charge in [-0.1, -0.05) is 19.1 Å². The summed E-state index contributed by atoms with van der Waals surface area (Å²) in [6, 6.07) is 7.26. The minimum atomic E-state index is -0.916. The number of aryl methyl sites for hydroxylation is 1. The highest BCUT2D eigenvalue weighted by Gasteiger charge is 2.36. The van der Waals surface area contributed by atoms with Crippen molar-refractivity contribution in [2.75, 3.05) is 20.3 Å². The van der Waals surface area contributed by atoms with E-state index in [9.17, 15) is 9.59 Å². The molecule has 1 N–H and O–H groups in total. The first-order valence-electron chi connectivity index (χ1n) is 7.79. The number of aliphatic carboxylic acids is 1. The van der Waals surface area contributed by atoms with Crippen molar-refractivity contribution in [2.45, 2.75) is 38.3 Å². The van der Waals surface area contributed by atoms with E-state index < -0.39 is 5.97 Å². The molecular weight excluding hydrogens is 298 g/mol. The third kappa shape index (κ3) is 4.69. The SMILES string of the molecule is CCc1ccc(OCC(=O)N2CC(OC)CC2CC(=O)O)cc1. The fourth-order valence-corrected chi connectivity index (χ4v) is 2.79. The lowest BCUT2D eigenvalue weighted by Gasteiger charge is -2.23. The van der Waals surface area contributed by atoms with Crippen LogP contribution in [0.3, 0.4) is 0 Å². The molecule has 6 heteroatoms. The molecule has 0 aromatic heterocycles. The highest BCUT2D eigenvalue weighted by molar-refractivity contribution is 5.79. The van der Waals surface area contributed by atoms with Gasteiger partial charge in [-0.2, -0.15) is 0 Å². The van der Waals surface area contributed by atoms with Crippen molar-refractivity contribution < 1.29 is 24.2 Å². The van der Waals surface area contributed by atoms with E-state index in [-0.39, 0.29) is 31.1 Å². The Balaban J connectivity index is 1.93. The summed E-state index contributed by atoms with van der Waals surface area (Å²) in [5.74, 6) is -0.496. The minimum Gasteiger partial charge on any atom is -0.484 e. The molecule has 2 rings (SSSR count). The number of hydrogen-bond donors (Lipinski definition) is 1. The Kier molecular flexibility index (Phi) is 5.98. The van der Waals surface area contributed by atoms with Crippen molar-refractivity contribution in [3.05, 3.63) is 29.8 Å². The number of ether oxygens (including phenoxy) is 2. The fraction of sp³-hybridized carbons (Fsp3) is 0.529. The van der Waals surface area contributed by atoms with Gasteiger partial charge >= 0.3 is 5.97 Å². The van der Waals surface area contributed by atoms with Crippen molar-refractivity contribution in [3.63, 3.8) is 0 Å². The summed E-state index contributed by atoms with van der Waals surface area (Å²) in [6.07, 6.45) is 1.30. The summed E-state index contributed by atoms with van der Waals surface area (Å²) in [6.45, 7) is 2.38. The standard InChI is InChI=1S/C17H23NO5/c1-3-12-4-6-14(7-5-12)23-11-16(19)18-10-15(22-2)8-13(18)9-17(20)21/h4-7,13,15H,3,8-11H2,1-2H3,(H,20,21). The molecule has 1 aromatic carbocycles. The topological polar surface area (TPSA) is 76.1 Å². The Morgan fingerprint density at radius 1 is 1.30 bits per heavy atom. The quantitative estimate of drug-likeness (QED) is 0.827. The summed E-state index contributed by atoms with van der Waals surface area (Å²) < 4.78 is 10.8. The van der Waals surface area contributed by atoms with Crippen LogP contribution in [0.2, 0.25) is 0 Å². The van der Waals surface area contributed by atoms with E-state index in [1.165, 1.54) is 5.56 Å². The maximum atomic E-state index is 12.3. The third-order valence-corrected chi connectivity index (χ3v) is 4.13. The lowest BCUT2D eigenvalue weighted by molar-refractivity contribution is -0.140. The Labute approximate surface area is 136 Å². The van der Waals surface area contributed by atoms with Crippen molar-refractivity contribution in [3.8, 4) is 5.75 Å². The average Bonchev–Trinajstić information content (AvgIpc) is 2.95. The number of hydrogen-bond acceptors (Lipinski definition) is 4. The Bertz CT molecular complexity index is 542.